The minimum absolute atomic E-state index is 0.00921. The number of phosphoric acid groups is 5. The van der Waals surface area contributed by atoms with Gasteiger partial charge in [-0.3, -0.25) is 63.5 Å². The molecule has 104 heavy (non-hydrogen) atoms. The second-order valence-electron chi connectivity index (χ2n) is 23.6. The highest BCUT2D eigenvalue weighted by Crippen LogP contribution is 2.56. The van der Waals surface area contributed by atoms with Crippen LogP contribution in [0.25, 0.3) is 44.7 Å². The standard InChI is InChI=1S/C49H62N23O27P5/c50-31-1-2-68(49(74)67-31)32-5-23(28(91-32)10-88-104(84,85)99-24-6-35(71-19-65-39-43(53)57-15-61-47(39)71)93-29(24)11-87-101(78,79)96-21-3-33(90-26(21)8-73)69-17-63-37-41(51)55-13-59-45(37)69)97-103(82,83)89-12-30-25(7-36(94-30)72-20-66-40-44(54)58-16-62-48(40)72)98-102(80,81)86-9-27-22(95-100(75,76)77)4-34(92-27)70-18-64-38-42(52)56-14-60-46(38)70/h1-2,13-30,32-36,73H,3-12H2,(H,78,79)(H,80,81)(H,82,83)(H,84,85)(H2,50,67,74)(H2,51,55,59)(H2,52,56,60)(H2,53,57,61)(H2,54,58,62)(H2,75,76,77)/t21-,22-,23-,24-,25-,26+,27+,28+,29+,30+,32+,33+,34+,35+,36+/m0/s1. The first kappa shape index (κ1) is 73.3. The summed E-state index contributed by atoms with van der Waals surface area (Å²) in [7, 11) is -26.8. The van der Waals surface area contributed by atoms with Crippen LogP contribution in [0.5, 0.6) is 0 Å². The van der Waals surface area contributed by atoms with Gasteiger partial charge in [-0.2, -0.15) is 4.98 Å². The molecule has 0 saturated carbocycles. The van der Waals surface area contributed by atoms with E-state index in [9.17, 15) is 62.1 Å². The molecule has 17 N–H and O–H groups in total. The Morgan fingerprint density at radius 3 is 0.942 bits per heavy atom. The van der Waals surface area contributed by atoms with Crippen LogP contribution in [0.15, 0.2) is 67.7 Å². The van der Waals surface area contributed by atoms with Crippen molar-refractivity contribution in [1.29, 1.82) is 0 Å². The van der Waals surface area contributed by atoms with Gasteiger partial charge in [-0.05, 0) is 6.07 Å². The summed E-state index contributed by atoms with van der Waals surface area (Å²) in [5.41, 5.74) is 30.1. The van der Waals surface area contributed by atoms with Gasteiger partial charge in [-0.1, -0.05) is 0 Å². The molecular weight excluding hydrogens is 1500 g/mol. The number of phosphoric ester groups is 5. The summed E-state index contributed by atoms with van der Waals surface area (Å²) < 4.78 is 155. The van der Waals surface area contributed by atoms with E-state index in [0.29, 0.717) is 0 Å². The molecule has 50 nitrogen and oxygen atoms in total. The fourth-order valence-corrected chi connectivity index (χ4v) is 16.7. The summed E-state index contributed by atoms with van der Waals surface area (Å²) in [6.07, 6.45) is -11.9. The van der Waals surface area contributed by atoms with E-state index in [1.54, 1.807) is 0 Å². The quantitative estimate of drug-likeness (QED) is 0.0273. The molecule has 4 unspecified atom stereocenters. The van der Waals surface area contributed by atoms with Gasteiger partial charge < -0.3 is 86.8 Å². The largest absolute Gasteiger partial charge is 0.472 e. The summed E-state index contributed by atoms with van der Waals surface area (Å²) in [6.45, 7) is -4.53. The van der Waals surface area contributed by atoms with Gasteiger partial charge in [0.05, 0.1) is 58.3 Å². The number of nitrogen functional groups attached to an aromatic ring is 5. The maximum Gasteiger partial charge on any atom is 0.472 e. The number of anilines is 5. The molecule has 0 amide bonds. The van der Waals surface area contributed by atoms with E-state index < -0.39 is 176 Å². The lowest BCUT2D eigenvalue weighted by Gasteiger charge is -2.26. The molecule has 560 valence electrons. The van der Waals surface area contributed by atoms with Crippen molar-refractivity contribution >= 4 is 113 Å². The number of nitrogens with zero attached hydrogens (tertiary/aromatic N) is 18. The van der Waals surface area contributed by atoms with Crippen LogP contribution in [0, 0.1) is 0 Å². The SMILES string of the molecule is Nc1ccn([C@H]2C[C@H](OP(=O)(O)OC[C@H]3O[C@@H](n4cnc5c(N)ncnc54)C[C@@H]3OP(=O)(O)OC[C@H]3O[C@@H](n4cnc5c(N)ncnc54)C[C@@H]3OP(=O)(O)O)[C@@H](COP(=O)(O)O[C@H]3C[C@H](n4cnc5c(N)ncnc54)O[C@@H]3COP(=O)(O)O[C@H]3C[C@H](n4cnc5c(N)ncnc54)O[C@@H]3CO)O2)c(=O)n1. The van der Waals surface area contributed by atoms with Crippen molar-refractivity contribution < 1.29 is 122 Å². The first-order valence-corrected chi connectivity index (χ1v) is 38.3. The van der Waals surface area contributed by atoms with Crippen molar-refractivity contribution in [2.75, 3.05) is 61.7 Å². The van der Waals surface area contributed by atoms with Crippen LogP contribution in [0.2, 0.25) is 0 Å². The average Bonchev–Trinajstić information content (AvgIpc) is 1.64. The molecule has 9 aromatic rings. The minimum Gasteiger partial charge on any atom is -0.394 e. The van der Waals surface area contributed by atoms with Crippen molar-refractivity contribution in [2.45, 2.75) is 124 Å². The van der Waals surface area contributed by atoms with Crippen molar-refractivity contribution in [3.05, 3.63) is 73.4 Å². The highest BCUT2D eigenvalue weighted by molar-refractivity contribution is 7.48. The second kappa shape index (κ2) is 28.9. The molecular formula is C49H62N23O27P5. The van der Waals surface area contributed by atoms with E-state index in [4.69, 9.17) is 93.1 Å². The molecule has 0 spiro atoms. The Morgan fingerprint density at radius 2 is 0.663 bits per heavy atom. The Hall–Kier alpha value is -7.61. The number of imidazole rings is 4. The molecule has 55 heteroatoms. The van der Waals surface area contributed by atoms with Crippen molar-refractivity contribution in [2.24, 2.45) is 0 Å². The lowest BCUT2D eigenvalue weighted by molar-refractivity contribution is -0.0637. The molecule has 19 atom stereocenters. The van der Waals surface area contributed by atoms with Gasteiger partial charge in [0.2, 0.25) is 0 Å². The highest BCUT2D eigenvalue weighted by atomic mass is 31.2. The van der Waals surface area contributed by atoms with E-state index in [2.05, 4.69) is 64.8 Å². The van der Waals surface area contributed by atoms with Crippen LogP contribution in [0.1, 0.15) is 63.2 Å². The third kappa shape index (κ3) is 15.8. The van der Waals surface area contributed by atoms with Crippen LogP contribution in [-0.2, 0) is 87.2 Å². The number of ether oxygens (including phenoxy) is 5. The van der Waals surface area contributed by atoms with Crippen molar-refractivity contribution in [3.63, 3.8) is 0 Å². The molecule has 5 saturated heterocycles. The zero-order valence-electron chi connectivity index (χ0n) is 53.0. The zero-order chi connectivity index (χ0) is 73.4. The molecule has 0 bridgehead atoms. The van der Waals surface area contributed by atoms with Gasteiger partial charge in [-0.15, -0.1) is 0 Å². The van der Waals surface area contributed by atoms with E-state index in [1.165, 1.54) is 62.2 Å². The molecule has 0 aromatic carbocycles. The van der Waals surface area contributed by atoms with Crippen LogP contribution in [-0.4, -0.2) is 216 Å². The topological polar surface area (TPSA) is 696 Å². The van der Waals surface area contributed by atoms with Gasteiger partial charge in [0.1, 0.15) is 145 Å². The first-order valence-electron chi connectivity index (χ1n) is 30.8. The van der Waals surface area contributed by atoms with Gasteiger partial charge in [-0.25, -0.2) is 87.4 Å². The summed E-state index contributed by atoms with van der Waals surface area (Å²) >= 11 is 0. The summed E-state index contributed by atoms with van der Waals surface area (Å²) in [4.78, 5) is 131. The van der Waals surface area contributed by atoms with Crippen LogP contribution < -0.4 is 34.4 Å². The number of aliphatic hydroxyl groups excluding tert-OH is 1. The number of fused-ring (bicyclic) bond motifs is 4. The number of aliphatic hydroxyl groups is 1. The second-order valence-corrected chi connectivity index (χ2v) is 30.5. The average molecular weight is 1560 g/mol. The molecule has 5 aliphatic rings. The smallest absolute Gasteiger partial charge is 0.394 e. The maximum absolute atomic E-state index is 14.3. The molecule has 14 heterocycles. The molecule has 5 aliphatic heterocycles. The van der Waals surface area contributed by atoms with Crippen molar-refractivity contribution in [1.82, 2.24) is 87.6 Å². The fraction of sp³-hybridized carbons (Fsp3) is 0.510. The third-order valence-corrected chi connectivity index (χ3v) is 21.6. The monoisotopic (exact) mass is 1560 g/mol. The van der Waals surface area contributed by atoms with Gasteiger partial charge >= 0.3 is 44.8 Å². The van der Waals surface area contributed by atoms with E-state index in [1.807, 2.05) is 0 Å². The molecule has 0 aliphatic carbocycles. The van der Waals surface area contributed by atoms with Crippen LogP contribution in [0.3, 0.4) is 0 Å². The van der Waals surface area contributed by atoms with Gasteiger partial charge in [0.15, 0.2) is 45.9 Å². The van der Waals surface area contributed by atoms with Crippen LogP contribution >= 0.6 is 39.1 Å². The zero-order valence-corrected chi connectivity index (χ0v) is 57.4. The summed E-state index contributed by atoms with van der Waals surface area (Å²) in [5.74, 6) is -0.176. The molecule has 0 radical (unpaired) electrons. The number of aromatic nitrogens is 18. The Labute approximate surface area is 579 Å². The Bertz CT molecular complexity index is 5000. The van der Waals surface area contributed by atoms with Gasteiger partial charge in [0, 0.05) is 38.3 Å². The minimum atomic E-state index is -5.51. The third-order valence-electron chi connectivity index (χ3n) is 17.0. The lowest BCUT2D eigenvalue weighted by atomic mass is 10.2. The predicted octanol–water partition coefficient (Wildman–Crippen LogP) is -0.570. The fourth-order valence-electron chi connectivity index (χ4n) is 12.3. The Balaban J connectivity index is 0.663. The van der Waals surface area contributed by atoms with E-state index in [0.717, 1.165) is 23.5 Å². The number of rotatable bonds is 28. The van der Waals surface area contributed by atoms with Crippen LogP contribution in [0.4, 0.5) is 29.1 Å². The van der Waals surface area contributed by atoms with E-state index in [-0.39, 0.29) is 99.4 Å². The normalized spacial score (nSPS) is 29.1. The van der Waals surface area contributed by atoms with E-state index >= 15 is 0 Å². The summed E-state index contributed by atoms with van der Waals surface area (Å²) in [5, 5.41) is 10.3. The molecule has 5 fully saturated rings. The maximum atomic E-state index is 14.3. The number of nitrogens with two attached hydrogens (primary N) is 5. The first-order chi connectivity index (χ1) is 49.4. The molecule has 14 rings (SSSR count). The van der Waals surface area contributed by atoms with Crippen molar-refractivity contribution in [3.8, 4) is 0 Å². The van der Waals surface area contributed by atoms with Gasteiger partial charge in [0.25, 0.3) is 0 Å². The predicted molar refractivity (Wildman–Crippen MR) is 341 cm³/mol. The number of hydrogen-bond donors (Lipinski definition) is 12. The summed E-state index contributed by atoms with van der Waals surface area (Å²) in [6, 6.07) is 1.22. The lowest BCUT2D eigenvalue weighted by Crippen LogP contribution is -2.32. The number of hydrogen-bond acceptors (Lipinski definition) is 39. The Morgan fingerprint density at radius 1 is 0.394 bits per heavy atom. The molecule has 9 aromatic heterocycles. The Kier molecular flexibility index (Phi) is 20.4. The highest BCUT2D eigenvalue weighted by Gasteiger charge is 2.51.